The van der Waals surface area contributed by atoms with Crippen molar-refractivity contribution >= 4 is 11.7 Å². The lowest BCUT2D eigenvalue weighted by molar-refractivity contribution is -0.140. The number of ether oxygens (including phenoxy) is 1. The first kappa shape index (κ1) is 10.5. The second kappa shape index (κ2) is 5.21. The van der Waals surface area contributed by atoms with E-state index >= 15 is 0 Å². The first-order valence-electron chi connectivity index (χ1n) is 4.31. The predicted octanol–water partition coefficient (Wildman–Crippen LogP) is 1.80. The largest absolute Gasteiger partial charge is 0.464 e. The Bertz CT molecular complexity index is 297. The maximum absolute atomic E-state index is 12.5. The van der Waals surface area contributed by atoms with Crippen molar-refractivity contribution in [2.75, 3.05) is 18.5 Å². The molecule has 1 aromatic rings. The number of anilines is 1. The van der Waals surface area contributed by atoms with Gasteiger partial charge in [-0.1, -0.05) is 0 Å². The second-order valence-corrected chi connectivity index (χ2v) is 2.77. The van der Waals surface area contributed by atoms with E-state index in [1.165, 1.54) is 19.1 Å². The maximum Gasteiger partial charge on any atom is 0.302 e. The van der Waals surface area contributed by atoms with Crippen molar-refractivity contribution in [3.05, 3.63) is 30.1 Å². The summed E-state index contributed by atoms with van der Waals surface area (Å²) >= 11 is 0. The number of carbonyl (C=O) groups is 1. The zero-order valence-corrected chi connectivity index (χ0v) is 7.92. The zero-order chi connectivity index (χ0) is 10.4. The van der Waals surface area contributed by atoms with Crippen molar-refractivity contribution in [1.29, 1.82) is 0 Å². The van der Waals surface area contributed by atoms with Gasteiger partial charge in [-0.2, -0.15) is 0 Å². The average molecular weight is 197 g/mol. The van der Waals surface area contributed by atoms with Crippen LogP contribution < -0.4 is 5.32 Å². The molecule has 0 bridgehead atoms. The Kier molecular flexibility index (Phi) is 3.91. The fraction of sp³-hybridized carbons (Fsp3) is 0.300. The Balaban J connectivity index is 2.25. The summed E-state index contributed by atoms with van der Waals surface area (Å²) in [6.07, 6.45) is 0. The molecule has 0 saturated carbocycles. The number of benzene rings is 1. The highest BCUT2D eigenvalue weighted by molar-refractivity contribution is 5.65. The quantitative estimate of drug-likeness (QED) is 0.590. The molecular weight excluding hydrogens is 185 g/mol. The molecule has 0 atom stereocenters. The van der Waals surface area contributed by atoms with Crippen LogP contribution in [0, 0.1) is 5.82 Å². The first-order chi connectivity index (χ1) is 6.68. The molecule has 0 aliphatic rings. The normalized spacial score (nSPS) is 9.57. The highest BCUT2D eigenvalue weighted by Gasteiger charge is 1.94. The van der Waals surface area contributed by atoms with Crippen molar-refractivity contribution in [2.24, 2.45) is 0 Å². The summed E-state index contributed by atoms with van der Waals surface area (Å²) in [6, 6.07) is 5.99. The van der Waals surface area contributed by atoms with Gasteiger partial charge >= 0.3 is 5.97 Å². The van der Waals surface area contributed by atoms with Crippen LogP contribution in [0.15, 0.2) is 24.3 Å². The highest BCUT2D eigenvalue weighted by atomic mass is 19.1. The van der Waals surface area contributed by atoms with E-state index in [2.05, 4.69) is 5.32 Å². The van der Waals surface area contributed by atoms with Gasteiger partial charge in [0.15, 0.2) is 0 Å². The Morgan fingerprint density at radius 1 is 1.43 bits per heavy atom. The van der Waals surface area contributed by atoms with Gasteiger partial charge in [-0.25, -0.2) is 4.39 Å². The van der Waals surface area contributed by atoms with Crippen LogP contribution in [0.3, 0.4) is 0 Å². The van der Waals surface area contributed by atoms with E-state index in [0.717, 1.165) is 5.69 Å². The molecule has 1 aromatic carbocycles. The lowest BCUT2D eigenvalue weighted by Crippen LogP contribution is -2.11. The van der Waals surface area contributed by atoms with Crippen LogP contribution in [0.1, 0.15) is 6.92 Å². The molecule has 0 spiro atoms. The molecule has 0 fully saturated rings. The van der Waals surface area contributed by atoms with E-state index in [1.807, 2.05) is 0 Å². The summed E-state index contributed by atoms with van der Waals surface area (Å²) in [5.41, 5.74) is 0.804. The SMILES string of the molecule is CC(=O)OCCNc1ccc(F)cc1. The summed E-state index contributed by atoms with van der Waals surface area (Å²) in [5.74, 6) is -0.568. The number of rotatable bonds is 4. The Hall–Kier alpha value is -1.58. The van der Waals surface area contributed by atoms with Gasteiger partial charge in [0.05, 0.1) is 0 Å². The lowest BCUT2D eigenvalue weighted by atomic mass is 10.3. The molecule has 14 heavy (non-hydrogen) atoms. The van der Waals surface area contributed by atoms with Crippen LogP contribution in [-0.4, -0.2) is 19.1 Å². The Morgan fingerprint density at radius 3 is 2.64 bits per heavy atom. The van der Waals surface area contributed by atoms with Gasteiger partial charge in [0.2, 0.25) is 0 Å². The van der Waals surface area contributed by atoms with Crippen LogP contribution in [0.5, 0.6) is 0 Å². The summed E-state index contributed by atoms with van der Waals surface area (Å²) in [7, 11) is 0. The number of carbonyl (C=O) groups excluding carboxylic acids is 1. The van der Waals surface area contributed by atoms with E-state index < -0.39 is 0 Å². The van der Waals surface area contributed by atoms with Gasteiger partial charge in [0, 0.05) is 19.2 Å². The van der Waals surface area contributed by atoms with Gasteiger partial charge in [0.25, 0.3) is 0 Å². The van der Waals surface area contributed by atoms with E-state index in [0.29, 0.717) is 13.2 Å². The highest BCUT2D eigenvalue weighted by Crippen LogP contribution is 2.07. The smallest absolute Gasteiger partial charge is 0.302 e. The third-order valence-electron chi connectivity index (χ3n) is 1.58. The minimum Gasteiger partial charge on any atom is -0.464 e. The molecule has 0 aromatic heterocycles. The van der Waals surface area contributed by atoms with Crippen molar-refractivity contribution in [1.82, 2.24) is 0 Å². The lowest BCUT2D eigenvalue weighted by Gasteiger charge is -2.05. The molecule has 1 N–H and O–H groups in total. The zero-order valence-electron chi connectivity index (χ0n) is 7.92. The fourth-order valence-electron chi connectivity index (χ4n) is 0.958. The van der Waals surface area contributed by atoms with Crippen molar-refractivity contribution in [2.45, 2.75) is 6.92 Å². The molecule has 0 heterocycles. The van der Waals surface area contributed by atoms with Crippen molar-refractivity contribution in [3.8, 4) is 0 Å². The number of nitrogens with one attached hydrogen (secondary N) is 1. The molecule has 0 amide bonds. The summed E-state index contributed by atoms with van der Waals surface area (Å²) in [5, 5.41) is 2.98. The molecule has 0 unspecified atom stereocenters. The second-order valence-electron chi connectivity index (χ2n) is 2.77. The Morgan fingerprint density at radius 2 is 2.07 bits per heavy atom. The van der Waals surface area contributed by atoms with E-state index in [9.17, 15) is 9.18 Å². The standard InChI is InChI=1S/C10H12FNO2/c1-8(13)14-7-6-12-10-4-2-9(11)3-5-10/h2-5,12H,6-7H2,1H3. The van der Waals surface area contributed by atoms with E-state index in [1.54, 1.807) is 12.1 Å². The van der Waals surface area contributed by atoms with Crippen LogP contribution in [-0.2, 0) is 9.53 Å². The molecule has 0 aliphatic carbocycles. The monoisotopic (exact) mass is 197 g/mol. The van der Waals surface area contributed by atoms with Crippen molar-refractivity contribution < 1.29 is 13.9 Å². The summed E-state index contributed by atoms with van der Waals surface area (Å²) in [6.45, 7) is 2.19. The van der Waals surface area contributed by atoms with Crippen LogP contribution in [0.4, 0.5) is 10.1 Å². The Labute approximate surface area is 81.9 Å². The number of hydrogen-bond acceptors (Lipinski definition) is 3. The molecule has 0 aliphatic heterocycles. The average Bonchev–Trinajstić information content (AvgIpc) is 2.15. The van der Waals surface area contributed by atoms with Gasteiger partial charge in [0.1, 0.15) is 12.4 Å². The van der Waals surface area contributed by atoms with Crippen LogP contribution in [0.2, 0.25) is 0 Å². The first-order valence-corrected chi connectivity index (χ1v) is 4.31. The third kappa shape index (κ3) is 3.89. The van der Waals surface area contributed by atoms with Gasteiger partial charge in [-0.05, 0) is 24.3 Å². The van der Waals surface area contributed by atoms with Gasteiger partial charge in [-0.3, -0.25) is 4.79 Å². The predicted molar refractivity (Wildman–Crippen MR) is 51.5 cm³/mol. The third-order valence-corrected chi connectivity index (χ3v) is 1.58. The molecule has 4 heteroatoms. The molecule has 1 rings (SSSR count). The molecule has 76 valence electrons. The van der Waals surface area contributed by atoms with E-state index in [-0.39, 0.29) is 11.8 Å². The van der Waals surface area contributed by atoms with Crippen molar-refractivity contribution in [3.63, 3.8) is 0 Å². The minimum absolute atomic E-state index is 0.268. The van der Waals surface area contributed by atoms with Crippen LogP contribution >= 0.6 is 0 Å². The summed E-state index contributed by atoms with van der Waals surface area (Å²) < 4.78 is 17.2. The summed E-state index contributed by atoms with van der Waals surface area (Å²) in [4.78, 5) is 10.4. The fourth-order valence-corrected chi connectivity index (χ4v) is 0.958. The van der Waals surface area contributed by atoms with Crippen LogP contribution in [0.25, 0.3) is 0 Å². The molecular formula is C10H12FNO2. The van der Waals surface area contributed by atoms with Gasteiger partial charge < -0.3 is 10.1 Å². The van der Waals surface area contributed by atoms with E-state index in [4.69, 9.17) is 4.74 Å². The number of hydrogen-bond donors (Lipinski definition) is 1. The molecule has 0 saturated heterocycles. The maximum atomic E-state index is 12.5. The number of halogens is 1. The number of esters is 1. The molecule has 3 nitrogen and oxygen atoms in total. The molecule has 0 radical (unpaired) electrons. The minimum atomic E-state index is -0.300. The topological polar surface area (TPSA) is 38.3 Å². The van der Waals surface area contributed by atoms with Gasteiger partial charge in [-0.15, -0.1) is 0 Å².